The zero-order valence-corrected chi connectivity index (χ0v) is 11.1. The minimum Gasteiger partial charge on any atom is -0.478 e. The van der Waals surface area contributed by atoms with E-state index < -0.39 is 12.1 Å². The van der Waals surface area contributed by atoms with Crippen LogP contribution in [-0.4, -0.2) is 23.7 Å². The van der Waals surface area contributed by atoms with Gasteiger partial charge in [0, 0.05) is 6.54 Å². The molecule has 1 aromatic rings. The molecule has 1 aromatic carbocycles. The third-order valence-electron chi connectivity index (χ3n) is 3.29. The number of carboxylic acids is 1. The summed E-state index contributed by atoms with van der Waals surface area (Å²) in [4.78, 5) is 10.8. The number of ether oxygens (including phenoxy) is 1. The Labute approximate surface area is 108 Å². The minimum atomic E-state index is -1.05. The lowest BCUT2D eigenvalue weighted by Gasteiger charge is -2.23. The van der Waals surface area contributed by atoms with Crippen molar-refractivity contribution in [1.29, 1.82) is 0 Å². The number of benzene rings is 1. The van der Waals surface area contributed by atoms with E-state index in [2.05, 4.69) is 20.8 Å². The van der Waals surface area contributed by atoms with Crippen LogP contribution < -0.4 is 10.5 Å². The lowest BCUT2D eigenvalue weighted by atomic mass is 9.82. The summed E-state index contributed by atoms with van der Waals surface area (Å²) in [6.45, 7) is 6.43. The van der Waals surface area contributed by atoms with Gasteiger partial charge in [-0.05, 0) is 29.5 Å². The average Bonchev–Trinajstić information content (AvgIpc) is 2.36. The summed E-state index contributed by atoms with van der Waals surface area (Å²) in [5.41, 5.74) is 6.65. The van der Waals surface area contributed by atoms with Gasteiger partial charge in [-0.1, -0.05) is 32.9 Å². The molecule has 4 nitrogen and oxygen atoms in total. The molecule has 1 rings (SSSR count). The van der Waals surface area contributed by atoms with Crippen molar-refractivity contribution in [3.63, 3.8) is 0 Å². The maximum Gasteiger partial charge on any atom is 0.346 e. The second-order valence-corrected chi connectivity index (χ2v) is 4.94. The smallest absolute Gasteiger partial charge is 0.346 e. The summed E-state index contributed by atoms with van der Waals surface area (Å²) in [6.07, 6.45) is 0.0448. The van der Waals surface area contributed by atoms with Crippen molar-refractivity contribution in [2.75, 3.05) is 6.54 Å². The van der Waals surface area contributed by atoms with Crippen molar-refractivity contribution >= 4 is 5.97 Å². The van der Waals surface area contributed by atoms with Crippen molar-refractivity contribution in [3.05, 3.63) is 29.8 Å². The minimum absolute atomic E-state index is 0.0441. The molecule has 0 saturated heterocycles. The van der Waals surface area contributed by atoms with Gasteiger partial charge in [0.25, 0.3) is 0 Å². The number of hydrogen-bond donors (Lipinski definition) is 2. The summed E-state index contributed by atoms with van der Waals surface area (Å²) in [5, 5.41) is 8.85. The molecule has 18 heavy (non-hydrogen) atoms. The van der Waals surface area contributed by atoms with Crippen molar-refractivity contribution < 1.29 is 14.6 Å². The zero-order chi connectivity index (χ0) is 13.8. The molecule has 4 heteroatoms. The van der Waals surface area contributed by atoms with Gasteiger partial charge < -0.3 is 15.6 Å². The van der Waals surface area contributed by atoms with E-state index in [1.807, 2.05) is 12.1 Å². The largest absolute Gasteiger partial charge is 0.478 e. The number of nitrogens with two attached hydrogens (primary N) is 1. The van der Waals surface area contributed by atoms with Crippen LogP contribution in [-0.2, 0) is 10.2 Å². The molecule has 0 fully saturated rings. The van der Waals surface area contributed by atoms with Gasteiger partial charge in [-0.2, -0.15) is 0 Å². The predicted octanol–water partition coefficient (Wildman–Crippen LogP) is 2.16. The SMILES string of the molecule is CCC(C)(C)c1ccc(OC(CN)C(=O)O)cc1. The van der Waals surface area contributed by atoms with Crippen molar-refractivity contribution in [3.8, 4) is 5.75 Å². The fraction of sp³-hybridized carbons (Fsp3) is 0.500. The van der Waals surface area contributed by atoms with Crippen LogP contribution in [0.25, 0.3) is 0 Å². The van der Waals surface area contributed by atoms with Crippen molar-refractivity contribution in [2.24, 2.45) is 5.73 Å². The van der Waals surface area contributed by atoms with Gasteiger partial charge in [0.2, 0.25) is 6.10 Å². The molecule has 0 bridgehead atoms. The van der Waals surface area contributed by atoms with Crippen LogP contribution in [0.4, 0.5) is 0 Å². The summed E-state index contributed by atoms with van der Waals surface area (Å²) in [6, 6.07) is 7.51. The standard InChI is InChI=1S/C14H21NO3/c1-4-14(2,3)10-5-7-11(8-6-10)18-12(9-15)13(16)17/h5-8,12H,4,9,15H2,1-3H3,(H,16,17). The van der Waals surface area contributed by atoms with Gasteiger partial charge in [-0.25, -0.2) is 4.79 Å². The maximum atomic E-state index is 10.8. The highest BCUT2D eigenvalue weighted by molar-refractivity contribution is 5.73. The van der Waals surface area contributed by atoms with E-state index in [1.165, 1.54) is 5.56 Å². The Bertz CT molecular complexity index is 398. The molecule has 0 heterocycles. The van der Waals surface area contributed by atoms with E-state index in [4.69, 9.17) is 15.6 Å². The molecule has 0 aliphatic rings. The molecule has 0 saturated carbocycles. The Hall–Kier alpha value is -1.55. The first-order valence-electron chi connectivity index (χ1n) is 6.10. The van der Waals surface area contributed by atoms with E-state index in [0.717, 1.165) is 6.42 Å². The van der Waals surface area contributed by atoms with Crippen LogP contribution >= 0.6 is 0 Å². The lowest BCUT2D eigenvalue weighted by Crippen LogP contribution is -2.34. The fourth-order valence-corrected chi connectivity index (χ4v) is 1.55. The van der Waals surface area contributed by atoms with Gasteiger partial charge in [-0.3, -0.25) is 0 Å². The van der Waals surface area contributed by atoms with E-state index in [9.17, 15) is 4.79 Å². The number of aliphatic carboxylic acids is 1. The van der Waals surface area contributed by atoms with Gasteiger partial charge in [0.05, 0.1) is 0 Å². The Kier molecular flexibility index (Phi) is 4.73. The normalized spacial score (nSPS) is 13.1. The van der Waals surface area contributed by atoms with Crippen LogP contribution in [0.2, 0.25) is 0 Å². The van der Waals surface area contributed by atoms with Crippen LogP contribution in [0.15, 0.2) is 24.3 Å². The van der Waals surface area contributed by atoms with Crippen molar-refractivity contribution in [1.82, 2.24) is 0 Å². The molecule has 0 aliphatic heterocycles. The van der Waals surface area contributed by atoms with Gasteiger partial charge in [-0.15, -0.1) is 0 Å². The number of carboxylic acid groups (broad SMARTS) is 1. The molecule has 1 unspecified atom stereocenters. The monoisotopic (exact) mass is 251 g/mol. The highest BCUT2D eigenvalue weighted by Crippen LogP contribution is 2.28. The number of carbonyl (C=O) groups is 1. The molecule has 0 amide bonds. The Balaban J connectivity index is 2.80. The first-order valence-corrected chi connectivity index (χ1v) is 6.10. The van der Waals surface area contributed by atoms with Crippen LogP contribution in [0.1, 0.15) is 32.8 Å². The van der Waals surface area contributed by atoms with E-state index >= 15 is 0 Å². The van der Waals surface area contributed by atoms with E-state index in [-0.39, 0.29) is 12.0 Å². The zero-order valence-electron chi connectivity index (χ0n) is 11.1. The molecule has 0 radical (unpaired) electrons. The Morgan fingerprint density at radius 2 is 1.94 bits per heavy atom. The molecule has 0 aromatic heterocycles. The summed E-state index contributed by atoms with van der Waals surface area (Å²) in [5.74, 6) is -0.515. The second kappa shape index (κ2) is 5.87. The van der Waals surface area contributed by atoms with Gasteiger partial charge in [0.1, 0.15) is 5.75 Å². The predicted molar refractivity (Wildman–Crippen MR) is 70.9 cm³/mol. The summed E-state index contributed by atoms with van der Waals surface area (Å²) in [7, 11) is 0. The average molecular weight is 251 g/mol. The van der Waals surface area contributed by atoms with Crippen LogP contribution in [0.5, 0.6) is 5.75 Å². The molecule has 100 valence electrons. The first-order chi connectivity index (χ1) is 8.40. The third kappa shape index (κ3) is 3.47. The van der Waals surface area contributed by atoms with E-state index in [1.54, 1.807) is 12.1 Å². The highest BCUT2D eigenvalue weighted by atomic mass is 16.5. The summed E-state index contributed by atoms with van der Waals surface area (Å²) >= 11 is 0. The first kappa shape index (κ1) is 14.5. The maximum absolute atomic E-state index is 10.8. The molecule has 1 atom stereocenters. The van der Waals surface area contributed by atoms with Crippen molar-refractivity contribution in [2.45, 2.75) is 38.7 Å². The number of hydrogen-bond acceptors (Lipinski definition) is 3. The molecule has 3 N–H and O–H groups in total. The molecular formula is C14H21NO3. The third-order valence-corrected chi connectivity index (χ3v) is 3.29. The molecular weight excluding hydrogens is 230 g/mol. The van der Waals surface area contributed by atoms with Gasteiger partial charge >= 0.3 is 5.97 Å². The molecule has 0 spiro atoms. The summed E-state index contributed by atoms with van der Waals surface area (Å²) < 4.78 is 5.30. The highest BCUT2D eigenvalue weighted by Gasteiger charge is 2.19. The quantitative estimate of drug-likeness (QED) is 0.812. The molecule has 0 aliphatic carbocycles. The fourth-order valence-electron chi connectivity index (χ4n) is 1.55. The Morgan fingerprint density at radius 3 is 2.33 bits per heavy atom. The van der Waals surface area contributed by atoms with Crippen LogP contribution in [0, 0.1) is 0 Å². The van der Waals surface area contributed by atoms with E-state index in [0.29, 0.717) is 5.75 Å². The Morgan fingerprint density at radius 1 is 1.39 bits per heavy atom. The van der Waals surface area contributed by atoms with Crippen LogP contribution in [0.3, 0.4) is 0 Å². The second-order valence-electron chi connectivity index (χ2n) is 4.94. The van der Waals surface area contributed by atoms with Gasteiger partial charge in [0.15, 0.2) is 0 Å². The lowest BCUT2D eigenvalue weighted by molar-refractivity contribution is -0.144. The topological polar surface area (TPSA) is 72.5 Å². The number of rotatable bonds is 6.